The van der Waals surface area contributed by atoms with Crippen LogP contribution in [-0.4, -0.2) is 23.4 Å². The highest BCUT2D eigenvalue weighted by Gasteiger charge is 2.52. The van der Waals surface area contributed by atoms with Crippen molar-refractivity contribution in [2.45, 2.75) is 18.7 Å². The maximum atomic E-state index is 13.1. The highest BCUT2D eigenvalue weighted by molar-refractivity contribution is 6.32. The van der Waals surface area contributed by atoms with Crippen LogP contribution in [0.25, 0.3) is 0 Å². The van der Waals surface area contributed by atoms with Crippen LogP contribution in [0.1, 0.15) is 5.56 Å². The van der Waals surface area contributed by atoms with Crippen LogP contribution in [-0.2, 0) is 11.2 Å². The molecule has 0 saturated carbocycles. The number of fused-ring (bicyclic) bond motifs is 1. The highest BCUT2D eigenvalue weighted by Crippen LogP contribution is 2.43. The minimum Gasteiger partial charge on any atom is -0.619 e. The average molecular weight is 390 g/mol. The molecule has 26 heavy (non-hydrogen) atoms. The fraction of sp³-hybridized carbons (Fsp3) is 0.250. The predicted molar refractivity (Wildman–Crippen MR) is 82.2 cm³/mol. The molecule has 2 atom stereocenters. The third kappa shape index (κ3) is 3.62. The normalized spacial score (nSPS) is 19.4. The molecule has 2 aromatic rings. The lowest BCUT2D eigenvalue weighted by molar-refractivity contribution is -0.605. The predicted octanol–water partition coefficient (Wildman–Crippen LogP) is 3.33. The van der Waals surface area contributed by atoms with E-state index in [-0.39, 0.29) is 34.3 Å². The summed E-state index contributed by atoms with van der Waals surface area (Å²) in [6.45, 7) is 0. The second kappa shape index (κ2) is 6.56. The van der Waals surface area contributed by atoms with E-state index in [1.807, 2.05) is 0 Å². The van der Waals surface area contributed by atoms with Crippen molar-refractivity contribution in [2.75, 3.05) is 0 Å². The second-order valence-corrected chi connectivity index (χ2v) is 6.03. The first-order chi connectivity index (χ1) is 12.1. The van der Waals surface area contributed by atoms with Gasteiger partial charge >= 0.3 is 12.1 Å². The molecule has 1 N–H and O–H groups in total. The van der Waals surface area contributed by atoms with Gasteiger partial charge in [0.2, 0.25) is 12.3 Å². The zero-order valence-electron chi connectivity index (χ0n) is 12.9. The van der Waals surface area contributed by atoms with Gasteiger partial charge in [0.25, 0.3) is 0 Å². The number of benzene rings is 1. The molecule has 0 fully saturated rings. The van der Waals surface area contributed by atoms with E-state index in [2.05, 4.69) is 0 Å². The molecule has 0 saturated heterocycles. The number of rotatable bonds is 3. The number of pyridine rings is 1. The molecule has 1 aliphatic heterocycles. The minimum atomic E-state index is -4.85. The summed E-state index contributed by atoms with van der Waals surface area (Å²) in [6, 6.07) is 5.33. The number of carbonyl (C=O) groups is 1. The van der Waals surface area contributed by atoms with Gasteiger partial charge in [-0.25, -0.2) is 0 Å². The van der Waals surface area contributed by atoms with E-state index >= 15 is 0 Å². The minimum absolute atomic E-state index is 0.0219. The first-order valence-corrected chi connectivity index (χ1v) is 7.68. The van der Waals surface area contributed by atoms with Gasteiger partial charge in [-0.1, -0.05) is 11.6 Å². The topological polar surface area (TPSA) is 82.7 Å². The SMILES string of the molecule is O=C(O)C1Cc2cc(Cl)c(Oc3ccc[n+]([O-])c3)cc2OC1C(F)(F)F. The first kappa shape index (κ1) is 18.1. The van der Waals surface area contributed by atoms with Crippen LogP contribution in [0.4, 0.5) is 13.2 Å². The number of alkyl halides is 3. The van der Waals surface area contributed by atoms with Crippen LogP contribution in [0, 0.1) is 11.1 Å². The molecule has 138 valence electrons. The van der Waals surface area contributed by atoms with Gasteiger partial charge in [0.05, 0.1) is 5.02 Å². The number of carboxylic acids is 1. The molecule has 6 nitrogen and oxygen atoms in total. The van der Waals surface area contributed by atoms with Crippen LogP contribution in [0.2, 0.25) is 5.02 Å². The summed E-state index contributed by atoms with van der Waals surface area (Å²) in [5, 5.41) is 20.4. The molecule has 0 bridgehead atoms. The van der Waals surface area contributed by atoms with Gasteiger partial charge in [-0.15, -0.1) is 0 Å². The number of hydrogen-bond donors (Lipinski definition) is 1. The van der Waals surface area contributed by atoms with Crippen LogP contribution in [0.3, 0.4) is 0 Å². The Kier molecular flexibility index (Phi) is 4.57. The van der Waals surface area contributed by atoms with Crippen LogP contribution < -0.4 is 14.2 Å². The molecule has 0 amide bonds. The molecule has 3 rings (SSSR count). The smallest absolute Gasteiger partial charge is 0.426 e. The van der Waals surface area contributed by atoms with Crippen molar-refractivity contribution < 1.29 is 37.3 Å². The lowest BCUT2D eigenvalue weighted by atomic mass is 9.90. The Balaban J connectivity index is 1.96. The van der Waals surface area contributed by atoms with Crippen LogP contribution in [0.15, 0.2) is 36.7 Å². The maximum absolute atomic E-state index is 13.1. The zero-order valence-corrected chi connectivity index (χ0v) is 13.6. The molecule has 1 aliphatic rings. The Morgan fingerprint density at radius 1 is 1.42 bits per heavy atom. The van der Waals surface area contributed by atoms with Gasteiger partial charge in [0, 0.05) is 12.1 Å². The average Bonchev–Trinajstić information content (AvgIpc) is 2.53. The van der Waals surface area contributed by atoms with Gasteiger partial charge in [0.15, 0.2) is 11.9 Å². The van der Waals surface area contributed by atoms with E-state index in [4.69, 9.17) is 26.2 Å². The number of ether oxygens (including phenoxy) is 2. The Morgan fingerprint density at radius 2 is 2.15 bits per heavy atom. The Morgan fingerprint density at radius 3 is 2.77 bits per heavy atom. The van der Waals surface area contributed by atoms with Crippen molar-refractivity contribution in [1.82, 2.24) is 0 Å². The van der Waals surface area contributed by atoms with E-state index in [0.29, 0.717) is 4.73 Å². The largest absolute Gasteiger partial charge is 0.619 e. The van der Waals surface area contributed by atoms with Crippen molar-refractivity contribution in [1.29, 1.82) is 0 Å². The molecule has 0 spiro atoms. The Labute approximate surface area is 149 Å². The third-order valence-electron chi connectivity index (χ3n) is 3.79. The Bertz CT molecular complexity index is 858. The van der Waals surface area contributed by atoms with Crippen molar-refractivity contribution in [3.63, 3.8) is 0 Å². The van der Waals surface area contributed by atoms with E-state index < -0.39 is 24.2 Å². The van der Waals surface area contributed by atoms with Crippen molar-refractivity contribution >= 4 is 17.6 Å². The van der Waals surface area contributed by atoms with E-state index in [1.165, 1.54) is 24.4 Å². The van der Waals surface area contributed by atoms with Gasteiger partial charge < -0.3 is 19.8 Å². The molecule has 1 aromatic carbocycles. The molecular formula is C16H11ClF3NO5. The number of halogens is 4. The summed E-state index contributed by atoms with van der Waals surface area (Å²) in [4.78, 5) is 11.2. The van der Waals surface area contributed by atoms with Crippen LogP contribution in [0.5, 0.6) is 17.2 Å². The van der Waals surface area contributed by atoms with Crippen molar-refractivity contribution in [3.8, 4) is 17.2 Å². The molecule has 1 aromatic heterocycles. The number of aliphatic carboxylic acids is 1. The van der Waals surface area contributed by atoms with Gasteiger partial charge in [-0.2, -0.15) is 17.9 Å². The van der Waals surface area contributed by atoms with Gasteiger partial charge in [0.1, 0.15) is 17.4 Å². The van der Waals surface area contributed by atoms with Crippen molar-refractivity contribution in [2.24, 2.45) is 5.92 Å². The quantitative estimate of drug-likeness (QED) is 0.643. The lowest BCUT2D eigenvalue weighted by Crippen LogP contribution is -2.47. The van der Waals surface area contributed by atoms with Crippen LogP contribution >= 0.6 is 11.6 Å². The number of aromatic nitrogens is 1. The lowest BCUT2D eigenvalue weighted by Gasteiger charge is -2.32. The summed E-state index contributed by atoms with van der Waals surface area (Å²) in [5.41, 5.74) is 0.224. The molecule has 0 aliphatic carbocycles. The fourth-order valence-electron chi connectivity index (χ4n) is 2.62. The number of nitrogens with zero attached hydrogens (tertiary/aromatic N) is 1. The molecule has 0 radical (unpaired) electrons. The third-order valence-corrected chi connectivity index (χ3v) is 4.09. The number of carboxylic acid groups (broad SMARTS) is 1. The maximum Gasteiger partial charge on any atom is 0.426 e. The Hall–Kier alpha value is -2.68. The van der Waals surface area contributed by atoms with E-state index in [9.17, 15) is 23.2 Å². The second-order valence-electron chi connectivity index (χ2n) is 5.62. The molecule has 10 heteroatoms. The highest BCUT2D eigenvalue weighted by atomic mass is 35.5. The van der Waals surface area contributed by atoms with E-state index in [0.717, 1.165) is 12.3 Å². The fourth-order valence-corrected chi connectivity index (χ4v) is 2.84. The summed E-state index contributed by atoms with van der Waals surface area (Å²) < 4.78 is 50.2. The summed E-state index contributed by atoms with van der Waals surface area (Å²) in [6.07, 6.45) is -5.39. The monoisotopic (exact) mass is 389 g/mol. The molecule has 2 heterocycles. The summed E-state index contributed by atoms with van der Waals surface area (Å²) in [7, 11) is 0. The zero-order chi connectivity index (χ0) is 19.1. The first-order valence-electron chi connectivity index (χ1n) is 7.30. The van der Waals surface area contributed by atoms with Gasteiger partial charge in [-0.05, 0) is 24.1 Å². The summed E-state index contributed by atoms with van der Waals surface area (Å²) >= 11 is 6.07. The number of hydrogen-bond acceptors (Lipinski definition) is 4. The van der Waals surface area contributed by atoms with Gasteiger partial charge in [-0.3, -0.25) is 4.79 Å². The van der Waals surface area contributed by atoms with E-state index in [1.54, 1.807) is 0 Å². The molecule has 2 unspecified atom stereocenters. The summed E-state index contributed by atoms with van der Waals surface area (Å²) in [5.74, 6) is -3.46. The van der Waals surface area contributed by atoms with Crippen molar-refractivity contribution in [3.05, 3.63) is 52.5 Å². The molecular weight excluding hydrogens is 379 g/mol. The standard InChI is InChI=1S/C16H11ClF3NO5/c17-11-5-8-4-10(15(22)23)14(16(18,19)20)26-12(8)6-13(11)25-9-2-1-3-21(24)7-9/h1-3,5-7,10,14H,4H2,(H,22,23).